The molecule has 1 N–H and O–H groups in total. The Kier molecular flexibility index (Phi) is 5.42. The van der Waals surface area contributed by atoms with Crippen molar-refractivity contribution in [1.82, 2.24) is 15.0 Å². The van der Waals surface area contributed by atoms with Crippen molar-refractivity contribution < 1.29 is 0 Å². The largest absolute Gasteiger partial charge is 0.358 e. The lowest BCUT2D eigenvalue weighted by Crippen LogP contribution is -2.34. The van der Waals surface area contributed by atoms with Crippen LogP contribution in [0.25, 0.3) is 22.9 Å². The van der Waals surface area contributed by atoms with Crippen LogP contribution in [0.3, 0.4) is 0 Å². The third-order valence-electron chi connectivity index (χ3n) is 7.34. The van der Waals surface area contributed by atoms with Gasteiger partial charge in [-0.05, 0) is 66.3 Å². The highest BCUT2D eigenvalue weighted by molar-refractivity contribution is 5.91. The molecule has 2 aromatic heterocycles. The van der Waals surface area contributed by atoms with Gasteiger partial charge in [0.1, 0.15) is 12.1 Å². The number of allylic oxidation sites excluding steroid dienone is 1. The second kappa shape index (κ2) is 8.88. The first-order chi connectivity index (χ1) is 17.2. The molecule has 35 heavy (non-hydrogen) atoms. The van der Waals surface area contributed by atoms with E-state index in [2.05, 4.69) is 70.3 Å². The van der Waals surface area contributed by atoms with E-state index in [0.717, 1.165) is 55.0 Å². The lowest BCUT2D eigenvalue weighted by molar-refractivity contribution is 0.495. The van der Waals surface area contributed by atoms with Gasteiger partial charge in [0.15, 0.2) is 0 Å². The van der Waals surface area contributed by atoms with Crippen LogP contribution >= 0.6 is 0 Å². The summed E-state index contributed by atoms with van der Waals surface area (Å²) >= 11 is 0. The summed E-state index contributed by atoms with van der Waals surface area (Å²) in [6, 6.07) is 22.9. The van der Waals surface area contributed by atoms with Crippen molar-refractivity contribution in [3.8, 4) is 17.3 Å². The minimum atomic E-state index is 0.530. The van der Waals surface area contributed by atoms with Gasteiger partial charge in [-0.1, -0.05) is 42.5 Å². The molecule has 0 spiro atoms. The second-order valence-electron chi connectivity index (χ2n) is 9.50. The third-order valence-corrected chi connectivity index (χ3v) is 7.34. The summed E-state index contributed by atoms with van der Waals surface area (Å²) in [5, 5.41) is 9.08. The van der Waals surface area contributed by atoms with E-state index < -0.39 is 0 Å². The number of piperidine rings is 1. The topological polar surface area (TPSA) is 68.6 Å². The smallest absolute Gasteiger partial charge is 0.139 e. The van der Waals surface area contributed by atoms with Gasteiger partial charge in [-0.25, -0.2) is 9.97 Å². The van der Waals surface area contributed by atoms with E-state index in [0.29, 0.717) is 11.5 Å². The fourth-order valence-corrected chi connectivity index (χ4v) is 5.42. The Bertz CT molecular complexity index is 1430. The Hall–Kier alpha value is -4.17. The van der Waals surface area contributed by atoms with Crippen molar-refractivity contribution >= 4 is 17.5 Å². The van der Waals surface area contributed by atoms with Gasteiger partial charge >= 0.3 is 0 Å². The Morgan fingerprint density at radius 3 is 2.49 bits per heavy atom. The number of H-pyrrole nitrogens is 1. The Labute approximate surface area is 205 Å². The fourth-order valence-electron chi connectivity index (χ4n) is 5.42. The molecule has 2 aliphatic rings. The Morgan fingerprint density at radius 2 is 1.74 bits per heavy atom. The van der Waals surface area contributed by atoms with Crippen LogP contribution in [0.4, 0.5) is 5.82 Å². The average molecular weight is 458 g/mol. The maximum Gasteiger partial charge on any atom is 0.139 e. The first-order valence-corrected chi connectivity index (χ1v) is 12.2. The Morgan fingerprint density at radius 1 is 0.971 bits per heavy atom. The first kappa shape index (κ1) is 21.4. The number of hydrogen-bond donors (Lipinski definition) is 1. The van der Waals surface area contributed by atoms with Gasteiger partial charge in [0, 0.05) is 42.4 Å². The van der Waals surface area contributed by atoms with Crippen LogP contribution in [-0.4, -0.2) is 28.0 Å². The van der Waals surface area contributed by atoms with Crippen LogP contribution < -0.4 is 4.90 Å². The normalized spacial score (nSPS) is 15.5. The standard InChI is InChI=1S/C30H27N5/c1-20-15-27(34-29(20)24-5-3-2-4-6-24)23-11-13-35(14-12-23)30-26-16-25(17-28(26)32-19-33-30)22-9-7-21(18-31)8-10-22/h2-10,15-16,19,23,34H,11-14,17H2,1H3. The van der Waals surface area contributed by atoms with Crippen LogP contribution in [0, 0.1) is 18.3 Å². The van der Waals surface area contributed by atoms with Crippen molar-refractivity contribution in [3.63, 3.8) is 0 Å². The van der Waals surface area contributed by atoms with E-state index in [4.69, 9.17) is 10.2 Å². The maximum absolute atomic E-state index is 9.08. The van der Waals surface area contributed by atoms with Crippen molar-refractivity contribution in [2.24, 2.45) is 0 Å². The molecule has 1 aliphatic heterocycles. The molecule has 3 heterocycles. The molecule has 0 atom stereocenters. The molecule has 1 aliphatic carbocycles. The van der Waals surface area contributed by atoms with Crippen LogP contribution in [-0.2, 0) is 6.42 Å². The van der Waals surface area contributed by atoms with Gasteiger partial charge in [0.05, 0.1) is 17.3 Å². The van der Waals surface area contributed by atoms with Crippen LogP contribution in [0.2, 0.25) is 0 Å². The summed E-state index contributed by atoms with van der Waals surface area (Å²) in [6.07, 6.45) is 6.93. The highest BCUT2D eigenvalue weighted by atomic mass is 15.2. The molecule has 1 fully saturated rings. The number of aryl methyl sites for hydroxylation is 1. The SMILES string of the molecule is Cc1cc(C2CCN(c3ncnc4c3C=C(c3ccc(C#N)cc3)C4)CC2)[nH]c1-c1ccccc1. The van der Waals surface area contributed by atoms with Crippen LogP contribution in [0.15, 0.2) is 67.0 Å². The zero-order valence-electron chi connectivity index (χ0n) is 19.8. The molecule has 0 amide bonds. The van der Waals surface area contributed by atoms with Crippen LogP contribution in [0.5, 0.6) is 0 Å². The lowest BCUT2D eigenvalue weighted by atomic mass is 9.93. The molecule has 5 nitrogen and oxygen atoms in total. The summed E-state index contributed by atoms with van der Waals surface area (Å²) in [5.41, 5.74) is 10.4. The molecular weight excluding hydrogens is 430 g/mol. The predicted octanol–water partition coefficient (Wildman–Crippen LogP) is 6.13. The zero-order chi connectivity index (χ0) is 23.8. The molecule has 0 bridgehead atoms. The number of aromatic amines is 1. The van der Waals surface area contributed by atoms with Crippen molar-refractivity contribution in [1.29, 1.82) is 5.26 Å². The molecule has 4 aromatic rings. The molecule has 172 valence electrons. The van der Waals surface area contributed by atoms with Gasteiger partial charge in [0.25, 0.3) is 0 Å². The number of anilines is 1. The van der Waals surface area contributed by atoms with E-state index in [1.807, 2.05) is 24.3 Å². The molecule has 0 unspecified atom stereocenters. The number of aromatic nitrogens is 3. The number of benzene rings is 2. The second-order valence-corrected chi connectivity index (χ2v) is 9.50. The van der Waals surface area contributed by atoms with Gasteiger partial charge in [0.2, 0.25) is 0 Å². The minimum absolute atomic E-state index is 0.530. The van der Waals surface area contributed by atoms with Gasteiger partial charge in [-0.15, -0.1) is 0 Å². The summed E-state index contributed by atoms with van der Waals surface area (Å²) in [5.74, 6) is 1.58. The molecule has 5 heteroatoms. The van der Waals surface area contributed by atoms with Crippen LogP contribution in [0.1, 0.15) is 52.4 Å². The van der Waals surface area contributed by atoms with Gasteiger partial charge in [-0.2, -0.15) is 5.26 Å². The number of rotatable bonds is 4. The number of fused-ring (bicyclic) bond motifs is 1. The third kappa shape index (κ3) is 4.02. The highest BCUT2D eigenvalue weighted by Crippen LogP contribution is 2.38. The number of nitrogens with one attached hydrogen (secondary N) is 1. The minimum Gasteiger partial charge on any atom is -0.358 e. The fraction of sp³-hybridized carbons (Fsp3) is 0.233. The van der Waals surface area contributed by atoms with Crippen molar-refractivity contribution in [3.05, 3.63) is 101 Å². The summed E-state index contributed by atoms with van der Waals surface area (Å²) in [7, 11) is 0. The first-order valence-electron chi connectivity index (χ1n) is 12.2. The van der Waals surface area contributed by atoms with E-state index >= 15 is 0 Å². The maximum atomic E-state index is 9.08. The van der Waals surface area contributed by atoms with E-state index in [1.165, 1.54) is 28.1 Å². The number of nitriles is 1. The van der Waals surface area contributed by atoms with Gasteiger partial charge in [-0.3, -0.25) is 0 Å². The molecular formula is C30H27N5. The summed E-state index contributed by atoms with van der Waals surface area (Å²) in [6.45, 7) is 4.15. The lowest BCUT2D eigenvalue weighted by Gasteiger charge is -2.33. The molecule has 0 saturated carbocycles. The number of hydrogen-bond acceptors (Lipinski definition) is 4. The molecule has 2 aromatic carbocycles. The molecule has 1 saturated heterocycles. The summed E-state index contributed by atoms with van der Waals surface area (Å²) < 4.78 is 0. The van der Waals surface area contributed by atoms with Gasteiger partial charge < -0.3 is 9.88 Å². The van der Waals surface area contributed by atoms with E-state index in [-0.39, 0.29) is 0 Å². The predicted molar refractivity (Wildman–Crippen MR) is 140 cm³/mol. The van der Waals surface area contributed by atoms with Crippen molar-refractivity contribution in [2.45, 2.75) is 32.1 Å². The van der Waals surface area contributed by atoms with E-state index in [9.17, 15) is 0 Å². The Balaban J connectivity index is 1.19. The monoisotopic (exact) mass is 457 g/mol. The summed E-state index contributed by atoms with van der Waals surface area (Å²) in [4.78, 5) is 15.4. The van der Waals surface area contributed by atoms with Crippen molar-refractivity contribution in [2.75, 3.05) is 18.0 Å². The highest BCUT2D eigenvalue weighted by Gasteiger charge is 2.27. The molecule has 0 radical (unpaired) electrons. The number of nitrogens with zero attached hydrogens (tertiary/aromatic N) is 4. The zero-order valence-corrected chi connectivity index (χ0v) is 19.8. The molecule has 6 rings (SSSR count). The average Bonchev–Trinajstić information content (AvgIpc) is 3.53. The van der Waals surface area contributed by atoms with E-state index in [1.54, 1.807) is 6.33 Å². The quantitative estimate of drug-likeness (QED) is 0.400.